The number of ketones is 1. The minimum atomic E-state index is 0.350. The van der Waals surface area contributed by atoms with Crippen LogP contribution in [0.3, 0.4) is 0 Å². The summed E-state index contributed by atoms with van der Waals surface area (Å²) in [5.74, 6) is 1.09. The van der Waals surface area contributed by atoms with Crippen molar-refractivity contribution in [3.8, 4) is 0 Å². The number of aromatic nitrogens is 2. The maximum Gasteiger partial charge on any atom is 0.225 e. The molecule has 1 aliphatic heterocycles. The topological polar surface area (TPSA) is 46.1 Å². The Balaban J connectivity index is 2.08. The van der Waals surface area contributed by atoms with E-state index in [0.29, 0.717) is 18.6 Å². The number of Topliss-reactive ketones (excluding diaryl/α,β-unsaturated/α-hetero) is 1. The van der Waals surface area contributed by atoms with E-state index in [9.17, 15) is 4.79 Å². The molecular weight excluding hydrogens is 178 g/mol. The van der Waals surface area contributed by atoms with Crippen LogP contribution in [0.25, 0.3) is 0 Å². The van der Waals surface area contributed by atoms with E-state index in [1.165, 1.54) is 0 Å². The van der Waals surface area contributed by atoms with Crippen molar-refractivity contribution in [3.05, 3.63) is 18.5 Å². The van der Waals surface area contributed by atoms with Gasteiger partial charge in [-0.05, 0) is 12.5 Å². The maximum atomic E-state index is 11.2. The number of carbonyl (C=O) groups is 1. The molecule has 2 rings (SSSR count). The second-order valence-electron chi connectivity index (χ2n) is 3.43. The standard InChI is InChI=1S/C10H13N3O/c14-9-3-1-7-13(8-4-9)10-11-5-2-6-12-10/h2,5-6H,1,3-4,7-8H2. The van der Waals surface area contributed by atoms with Gasteiger partial charge in [0.1, 0.15) is 5.78 Å². The molecule has 1 aromatic heterocycles. The van der Waals surface area contributed by atoms with Crippen molar-refractivity contribution in [3.63, 3.8) is 0 Å². The fraction of sp³-hybridized carbons (Fsp3) is 0.500. The molecule has 0 radical (unpaired) electrons. The first-order valence-electron chi connectivity index (χ1n) is 4.90. The van der Waals surface area contributed by atoms with Crippen LogP contribution in [0.15, 0.2) is 18.5 Å². The van der Waals surface area contributed by atoms with E-state index in [1.54, 1.807) is 18.5 Å². The quantitative estimate of drug-likeness (QED) is 0.665. The Kier molecular flexibility index (Phi) is 2.72. The van der Waals surface area contributed by atoms with E-state index in [0.717, 1.165) is 25.5 Å². The summed E-state index contributed by atoms with van der Waals surface area (Å²) in [6, 6.07) is 1.80. The number of rotatable bonds is 1. The first-order chi connectivity index (χ1) is 6.86. The Hall–Kier alpha value is -1.45. The van der Waals surface area contributed by atoms with Crippen molar-refractivity contribution in [2.75, 3.05) is 18.0 Å². The Morgan fingerprint density at radius 2 is 1.93 bits per heavy atom. The second-order valence-corrected chi connectivity index (χ2v) is 3.43. The van der Waals surface area contributed by atoms with Gasteiger partial charge in [-0.15, -0.1) is 0 Å². The van der Waals surface area contributed by atoms with Crippen LogP contribution in [0.4, 0.5) is 5.95 Å². The third kappa shape index (κ3) is 2.07. The Morgan fingerprint density at radius 1 is 1.14 bits per heavy atom. The third-order valence-electron chi connectivity index (χ3n) is 2.38. The molecule has 1 saturated heterocycles. The number of anilines is 1. The molecule has 1 fully saturated rings. The molecule has 1 aromatic rings. The van der Waals surface area contributed by atoms with Crippen LogP contribution in [-0.4, -0.2) is 28.8 Å². The molecule has 0 bridgehead atoms. The van der Waals surface area contributed by atoms with Crippen LogP contribution in [0.2, 0.25) is 0 Å². The van der Waals surface area contributed by atoms with Gasteiger partial charge in [-0.25, -0.2) is 9.97 Å². The Morgan fingerprint density at radius 3 is 2.71 bits per heavy atom. The predicted molar refractivity (Wildman–Crippen MR) is 53.1 cm³/mol. The van der Waals surface area contributed by atoms with E-state index in [1.807, 2.05) is 0 Å². The molecule has 2 heterocycles. The zero-order valence-corrected chi connectivity index (χ0v) is 8.02. The summed E-state index contributed by atoms with van der Waals surface area (Å²) in [4.78, 5) is 21.6. The number of nitrogens with zero attached hydrogens (tertiary/aromatic N) is 3. The van der Waals surface area contributed by atoms with Crippen molar-refractivity contribution in [1.82, 2.24) is 9.97 Å². The number of hydrogen-bond donors (Lipinski definition) is 0. The van der Waals surface area contributed by atoms with Gasteiger partial charge in [0.25, 0.3) is 0 Å². The molecule has 0 aromatic carbocycles. The number of carbonyl (C=O) groups excluding carboxylic acids is 1. The molecule has 14 heavy (non-hydrogen) atoms. The van der Waals surface area contributed by atoms with Crippen LogP contribution in [-0.2, 0) is 4.79 Å². The molecule has 1 aliphatic rings. The minimum absolute atomic E-state index is 0.350. The summed E-state index contributed by atoms with van der Waals surface area (Å²) >= 11 is 0. The molecule has 4 nitrogen and oxygen atoms in total. The highest BCUT2D eigenvalue weighted by Gasteiger charge is 2.15. The van der Waals surface area contributed by atoms with E-state index < -0.39 is 0 Å². The summed E-state index contributed by atoms with van der Waals surface area (Å²) in [7, 11) is 0. The average molecular weight is 191 g/mol. The third-order valence-corrected chi connectivity index (χ3v) is 2.38. The molecular formula is C10H13N3O. The lowest BCUT2D eigenvalue weighted by Crippen LogP contribution is -2.26. The highest BCUT2D eigenvalue weighted by Crippen LogP contribution is 2.12. The van der Waals surface area contributed by atoms with Crippen LogP contribution < -0.4 is 4.90 Å². The molecule has 0 aliphatic carbocycles. The van der Waals surface area contributed by atoms with Gasteiger partial charge >= 0.3 is 0 Å². The Bertz CT molecular complexity index is 312. The maximum absolute atomic E-state index is 11.2. The SMILES string of the molecule is O=C1CCCN(c2ncccn2)CC1. The lowest BCUT2D eigenvalue weighted by atomic mass is 10.2. The average Bonchev–Trinajstić information content (AvgIpc) is 2.44. The van der Waals surface area contributed by atoms with Crippen molar-refractivity contribution in [2.45, 2.75) is 19.3 Å². The molecule has 4 heteroatoms. The van der Waals surface area contributed by atoms with Gasteiger partial charge < -0.3 is 4.90 Å². The highest BCUT2D eigenvalue weighted by atomic mass is 16.1. The molecule has 0 amide bonds. The second kappa shape index (κ2) is 4.17. The van der Waals surface area contributed by atoms with Crippen LogP contribution in [0.5, 0.6) is 0 Å². The van der Waals surface area contributed by atoms with Gasteiger partial charge in [0, 0.05) is 38.3 Å². The molecule has 0 atom stereocenters. The van der Waals surface area contributed by atoms with Crippen molar-refractivity contribution >= 4 is 11.7 Å². The summed E-state index contributed by atoms with van der Waals surface area (Å²) in [5, 5.41) is 0. The van der Waals surface area contributed by atoms with Gasteiger partial charge in [0.2, 0.25) is 5.95 Å². The van der Waals surface area contributed by atoms with Gasteiger partial charge in [0.05, 0.1) is 0 Å². The lowest BCUT2D eigenvalue weighted by molar-refractivity contribution is -0.118. The molecule has 0 spiro atoms. The summed E-state index contributed by atoms with van der Waals surface area (Å²) in [6.45, 7) is 1.64. The summed E-state index contributed by atoms with van der Waals surface area (Å²) in [6.07, 6.45) is 5.70. The van der Waals surface area contributed by atoms with E-state index >= 15 is 0 Å². The monoisotopic (exact) mass is 191 g/mol. The van der Waals surface area contributed by atoms with Gasteiger partial charge in [-0.2, -0.15) is 0 Å². The normalized spacial score (nSPS) is 18.0. The smallest absolute Gasteiger partial charge is 0.225 e. The van der Waals surface area contributed by atoms with Gasteiger partial charge in [0.15, 0.2) is 0 Å². The fourth-order valence-electron chi connectivity index (χ4n) is 1.62. The van der Waals surface area contributed by atoms with Crippen molar-refractivity contribution in [2.24, 2.45) is 0 Å². The zero-order valence-electron chi connectivity index (χ0n) is 8.02. The Labute approximate surface area is 83.0 Å². The van der Waals surface area contributed by atoms with Crippen molar-refractivity contribution in [1.29, 1.82) is 0 Å². The van der Waals surface area contributed by atoms with Gasteiger partial charge in [-0.1, -0.05) is 0 Å². The molecule has 0 unspecified atom stereocenters. The largest absolute Gasteiger partial charge is 0.340 e. The van der Waals surface area contributed by atoms with Crippen LogP contribution in [0, 0.1) is 0 Å². The van der Waals surface area contributed by atoms with E-state index in [2.05, 4.69) is 14.9 Å². The van der Waals surface area contributed by atoms with Crippen molar-refractivity contribution < 1.29 is 4.79 Å². The predicted octanol–water partition coefficient (Wildman–Crippen LogP) is 1.04. The molecule has 74 valence electrons. The van der Waals surface area contributed by atoms with Crippen LogP contribution >= 0.6 is 0 Å². The van der Waals surface area contributed by atoms with E-state index in [4.69, 9.17) is 0 Å². The fourth-order valence-corrected chi connectivity index (χ4v) is 1.62. The van der Waals surface area contributed by atoms with Gasteiger partial charge in [-0.3, -0.25) is 4.79 Å². The molecule has 0 N–H and O–H groups in total. The first-order valence-corrected chi connectivity index (χ1v) is 4.90. The van der Waals surface area contributed by atoms with Crippen LogP contribution in [0.1, 0.15) is 19.3 Å². The summed E-state index contributed by atoms with van der Waals surface area (Å²) < 4.78 is 0. The van der Waals surface area contributed by atoms with E-state index in [-0.39, 0.29) is 0 Å². The summed E-state index contributed by atoms with van der Waals surface area (Å²) in [5.41, 5.74) is 0. The highest BCUT2D eigenvalue weighted by molar-refractivity contribution is 5.79. The lowest BCUT2D eigenvalue weighted by Gasteiger charge is -2.18. The zero-order chi connectivity index (χ0) is 9.80. The minimum Gasteiger partial charge on any atom is -0.340 e. The number of hydrogen-bond acceptors (Lipinski definition) is 4. The first kappa shape index (κ1) is 9.12. The molecule has 0 saturated carbocycles.